The van der Waals surface area contributed by atoms with E-state index >= 15 is 0 Å². The molecule has 1 aromatic rings. The third-order valence-electron chi connectivity index (χ3n) is 4.12. The molecule has 1 saturated heterocycles. The molecule has 1 aromatic carbocycles. The zero-order valence-corrected chi connectivity index (χ0v) is 12.3. The van der Waals surface area contributed by atoms with E-state index in [0.717, 1.165) is 45.7 Å². The molecule has 20 heavy (non-hydrogen) atoms. The van der Waals surface area contributed by atoms with E-state index in [2.05, 4.69) is 58.1 Å². The fraction of sp³-hybridized carbons (Fsp3) is 0.471. The van der Waals surface area contributed by atoms with Gasteiger partial charge in [-0.05, 0) is 25.1 Å². The van der Waals surface area contributed by atoms with Gasteiger partial charge in [0.25, 0.3) is 0 Å². The fourth-order valence-electron chi connectivity index (χ4n) is 2.89. The summed E-state index contributed by atoms with van der Waals surface area (Å²) in [6.07, 6.45) is 3.35. The fourth-order valence-corrected chi connectivity index (χ4v) is 2.89. The Balaban J connectivity index is 1.45. The molecule has 0 saturated carbocycles. The smallest absolute Gasteiger partial charge is 0.0603 e. The van der Waals surface area contributed by atoms with E-state index in [9.17, 15) is 0 Å². The lowest BCUT2D eigenvalue weighted by atomic mass is 10.2. The molecule has 0 bridgehead atoms. The summed E-state index contributed by atoms with van der Waals surface area (Å²) in [6, 6.07) is 10.7. The number of hydrogen-bond donors (Lipinski definition) is 0. The summed E-state index contributed by atoms with van der Waals surface area (Å²) in [6.45, 7) is 8.80. The van der Waals surface area contributed by atoms with Crippen LogP contribution in [0.4, 0.5) is 5.69 Å². The second-order valence-corrected chi connectivity index (χ2v) is 5.71. The van der Waals surface area contributed by atoms with E-state index in [1.54, 1.807) is 0 Å². The Bertz CT molecular complexity index is 496. The molecule has 0 aromatic heterocycles. The molecule has 0 atom stereocenters. The number of rotatable bonds is 4. The van der Waals surface area contributed by atoms with Crippen LogP contribution in [0.25, 0.3) is 0 Å². The quantitative estimate of drug-likeness (QED) is 0.836. The maximum Gasteiger partial charge on any atom is 0.0603 e. The number of allylic oxidation sites excluding steroid dienone is 1. The Kier molecular flexibility index (Phi) is 4.16. The van der Waals surface area contributed by atoms with Crippen LogP contribution < -0.4 is 4.90 Å². The molecule has 0 N–H and O–H groups in total. The van der Waals surface area contributed by atoms with Crippen LogP contribution in [0.1, 0.15) is 13.3 Å². The SMILES string of the molecule is CC1=CC(CCN2CCN(c3ccccc3)CC2)=NC1. The van der Waals surface area contributed by atoms with Gasteiger partial charge in [0, 0.05) is 50.5 Å². The lowest BCUT2D eigenvalue weighted by Gasteiger charge is -2.36. The van der Waals surface area contributed by atoms with Crippen LogP contribution in [-0.2, 0) is 0 Å². The minimum Gasteiger partial charge on any atom is -0.369 e. The average molecular weight is 269 g/mol. The van der Waals surface area contributed by atoms with Crippen molar-refractivity contribution in [3.8, 4) is 0 Å². The Hall–Kier alpha value is -1.61. The first-order chi connectivity index (χ1) is 9.81. The molecule has 0 radical (unpaired) electrons. The first-order valence-electron chi connectivity index (χ1n) is 7.54. The van der Waals surface area contributed by atoms with Crippen molar-refractivity contribution in [2.24, 2.45) is 4.99 Å². The summed E-state index contributed by atoms with van der Waals surface area (Å²) in [7, 11) is 0. The van der Waals surface area contributed by atoms with Gasteiger partial charge in [0.2, 0.25) is 0 Å². The molecule has 0 unspecified atom stereocenters. The second kappa shape index (κ2) is 6.23. The molecule has 0 spiro atoms. The highest BCUT2D eigenvalue weighted by molar-refractivity contribution is 5.97. The van der Waals surface area contributed by atoms with Crippen molar-refractivity contribution in [2.45, 2.75) is 13.3 Å². The minimum absolute atomic E-state index is 0.914. The Morgan fingerprint density at radius 2 is 1.80 bits per heavy atom. The standard InChI is InChI=1S/C17H23N3/c1-15-13-16(18-14-15)7-8-19-9-11-20(12-10-19)17-5-3-2-4-6-17/h2-6,13H,7-12,14H2,1H3. The van der Waals surface area contributed by atoms with Crippen molar-refractivity contribution in [3.63, 3.8) is 0 Å². The molecule has 2 heterocycles. The first-order valence-corrected chi connectivity index (χ1v) is 7.54. The maximum atomic E-state index is 4.55. The monoisotopic (exact) mass is 269 g/mol. The number of benzene rings is 1. The average Bonchev–Trinajstić information content (AvgIpc) is 2.92. The number of para-hydroxylation sites is 1. The predicted molar refractivity (Wildman–Crippen MR) is 85.8 cm³/mol. The van der Waals surface area contributed by atoms with Gasteiger partial charge in [-0.25, -0.2) is 0 Å². The number of nitrogens with zero attached hydrogens (tertiary/aromatic N) is 3. The normalized spacial score (nSPS) is 19.9. The summed E-state index contributed by atoms with van der Waals surface area (Å²) in [5.41, 5.74) is 4.03. The van der Waals surface area contributed by atoms with Crippen LogP contribution >= 0.6 is 0 Å². The summed E-state index contributed by atoms with van der Waals surface area (Å²) in [5.74, 6) is 0. The van der Waals surface area contributed by atoms with E-state index in [0.29, 0.717) is 0 Å². The van der Waals surface area contributed by atoms with Crippen molar-refractivity contribution in [2.75, 3.05) is 44.2 Å². The van der Waals surface area contributed by atoms with Crippen LogP contribution in [0.15, 0.2) is 47.0 Å². The van der Waals surface area contributed by atoms with Crippen molar-refractivity contribution >= 4 is 11.4 Å². The highest BCUT2D eigenvalue weighted by atomic mass is 15.3. The van der Waals surface area contributed by atoms with Gasteiger partial charge in [0.1, 0.15) is 0 Å². The molecular formula is C17H23N3. The van der Waals surface area contributed by atoms with Crippen LogP contribution in [0, 0.1) is 0 Å². The highest BCUT2D eigenvalue weighted by Crippen LogP contribution is 2.16. The topological polar surface area (TPSA) is 18.8 Å². The van der Waals surface area contributed by atoms with Gasteiger partial charge >= 0.3 is 0 Å². The zero-order valence-electron chi connectivity index (χ0n) is 12.3. The molecule has 106 valence electrons. The van der Waals surface area contributed by atoms with Gasteiger partial charge in [0.15, 0.2) is 0 Å². The van der Waals surface area contributed by atoms with Crippen LogP contribution in [0.5, 0.6) is 0 Å². The van der Waals surface area contributed by atoms with Crippen LogP contribution in [0.3, 0.4) is 0 Å². The summed E-state index contributed by atoms with van der Waals surface area (Å²) >= 11 is 0. The second-order valence-electron chi connectivity index (χ2n) is 5.71. The van der Waals surface area contributed by atoms with Crippen molar-refractivity contribution in [3.05, 3.63) is 42.0 Å². The Morgan fingerprint density at radius 3 is 2.45 bits per heavy atom. The Morgan fingerprint density at radius 1 is 1.05 bits per heavy atom. The molecule has 2 aliphatic rings. The van der Waals surface area contributed by atoms with Gasteiger partial charge in [-0.1, -0.05) is 23.8 Å². The third-order valence-corrected chi connectivity index (χ3v) is 4.12. The van der Waals surface area contributed by atoms with Gasteiger partial charge in [-0.3, -0.25) is 9.89 Å². The summed E-state index contributed by atoms with van der Waals surface area (Å²) in [4.78, 5) is 9.59. The van der Waals surface area contributed by atoms with E-state index in [1.165, 1.54) is 17.0 Å². The molecule has 3 heteroatoms. The number of piperazine rings is 1. The maximum absolute atomic E-state index is 4.55. The Labute approximate surface area is 121 Å². The number of hydrogen-bond acceptors (Lipinski definition) is 3. The lowest BCUT2D eigenvalue weighted by molar-refractivity contribution is 0.265. The van der Waals surface area contributed by atoms with Gasteiger partial charge in [-0.2, -0.15) is 0 Å². The molecule has 3 rings (SSSR count). The number of anilines is 1. The van der Waals surface area contributed by atoms with Crippen molar-refractivity contribution in [1.29, 1.82) is 0 Å². The first kappa shape index (κ1) is 13.4. The lowest BCUT2D eigenvalue weighted by Crippen LogP contribution is -2.46. The van der Waals surface area contributed by atoms with Gasteiger partial charge in [-0.15, -0.1) is 0 Å². The summed E-state index contributed by atoms with van der Waals surface area (Å²) < 4.78 is 0. The number of aliphatic imine (C=N–C) groups is 1. The molecule has 2 aliphatic heterocycles. The third kappa shape index (κ3) is 3.28. The van der Waals surface area contributed by atoms with Gasteiger partial charge < -0.3 is 4.90 Å². The van der Waals surface area contributed by atoms with Gasteiger partial charge in [0.05, 0.1) is 6.54 Å². The molecule has 0 amide bonds. The molecule has 1 fully saturated rings. The van der Waals surface area contributed by atoms with Crippen LogP contribution in [0.2, 0.25) is 0 Å². The van der Waals surface area contributed by atoms with Crippen LogP contribution in [-0.4, -0.2) is 49.9 Å². The largest absolute Gasteiger partial charge is 0.369 e. The van der Waals surface area contributed by atoms with E-state index in [4.69, 9.17) is 0 Å². The van der Waals surface area contributed by atoms with Crippen molar-refractivity contribution < 1.29 is 0 Å². The van der Waals surface area contributed by atoms with E-state index < -0.39 is 0 Å². The summed E-state index contributed by atoms with van der Waals surface area (Å²) in [5, 5.41) is 0. The molecule has 0 aliphatic carbocycles. The predicted octanol–water partition coefficient (Wildman–Crippen LogP) is 2.60. The molecular weight excluding hydrogens is 246 g/mol. The minimum atomic E-state index is 0.914. The molecule has 3 nitrogen and oxygen atoms in total. The van der Waals surface area contributed by atoms with E-state index in [-0.39, 0.29) is 0 Å². The highest BCUT2D eigenvalue weighted by Gasteiger charge is 2.17. The van der Waals surface area contributed by atoms with Crippen molar-refractivity contribution in [1.82, 2.24) is 4.90 Å². The van der Waals surface area contributed by atoms with E-state index in [1.807, 2.05) is 0 Å². The zero-order chi connectivity index (χ0) is 13.8.